The molecule has 2 heterocycles. The normalized spacial score (nSPS) is 16.4. The van der Waals surface area contributed by atoms with Crippen molar-refractivity contribution in [2.75, 3.05) is 18.0 Å². The van der Waals surface area contributed by atoms with Gasteiger partial charge in [-0.1, -0.05) is 23.8 Å². The summed E-state index contributed by atoms with van der Waals surface area (Å²) in [5, 5.41) is 0. The molecule has 0 spiro atoms. The van der Waals surface area contributed by atoms with Gasteiger partial charge in [-0.2, -0.15) is 0 Å². The van der Waals surface area contributed by atoms with Crippen molar-refractivity contribution in [3.05, 3.63) is 42.4 Å². The first-order valence-corrected chi connectivity index (χ1v) is 7.11. The Balaban J connectivity index is 1.96. The molecule has 2 aromatic rings. The SMILES string of the molecule is Cc1cccc(-c2ncncc2N2CCC(N)CC2)c1. The maximum Gasteiger partial charge on any atom is 0.116 e. The Bertz CT molecular complexity index is 589. The fourth-order valence-electron chi connectivity index (χ4n) is 2.71. The Hall–Kier alpha value is -1.94. The van der Waals surface area contributed by atoms with Crippen LogP contribution in [-0.2, 0) is 0 Å². The lowest BCUT2D eigenvalue weighted by molar-refractivity contribution is 0.501. The lowest BCUT2D eigenvalue weighted by Gasteiger charge is -2.32. The van der Waals surface area contributed by atoms with Crippen molar-refractivity contribution >= 4 is 5.69 Å². The van der Waals surface area contributed by atoms with Gasteiger partial charge < -0.3 is 10.6 Å². The van der Waals surface area contributed by atoms with Crippen LogP contribution >= 0.6 is 0 Å². The number of nitrogens with two attached hydrogens (primary N) is 1. The summed E-state index contributed by atoms with van der Waals surface area (Å²) in [6.45, 7) is 4.06. The third-order valence-corrected chi connectivity index (χ3v) is 3.86. The van der Waals surface area contributed by atoms with Gasteiger partial charge in [0.25, 0.3) is 0 Å². The zero-order valence-corrected chi connectivity index (χ0v) is 11.8. The minimum atomic E-state index is 0.332. The van der Waals surface area contributed by atoms with Crippen LogP contribution in [0.3, 0.4) is 0 Å². The summed E-state index contributed by atoms with van der Waals surface area (Å²) in [6, 6.07) is 8.78. The van der Waals surface area contributed by atoms with Gasteiger partial charge in [0.2, 0.25) is 0 Å². The Morgan fingerprint density at radius 2 is 2.05 bits per heavy atom. The Morgan fingerprint density at radius 3 is 2.80 bits per heavy atom. The van der Waals surface area contributed by atoms with E-state index in [0.717, 1.165) is 42.9 Å². The summed E-state index contributed by atoms with van der Waals surface area (Å²) in [4.78, 5) is 11.1. The average Bonchev–Trinajstić information content (AvgIpc) is 2.48. The Kier molecular flexibility index (Phi) is 3.65. The highest BCUT2D eigenvalue weighted by Gasteiger charge is 2.20. The molecule has 1 fully saturated rings. The predicted molar refractivity (Wildman–Crippen MR) is 81.6 cm³/mol. The fraction of sp³-hybridized carbons (Fsp3) is 0.375. The molecule has 3 rings (SSSR count). The third-order valence-electron chi connectivity index (χ3n) is 3.86. The molecule has 0 unspecified atom stereocenters. The molecular weight excluding hydrogens is 248 g/mol. The van der Waals surface area contributed by atoms with Crippen LogP contribution in [0.1, 0.15) is 18.4 Å². The summed E-state index contributed by atoms with van der Waals surface area (Å²) >= 11 is 0. The molecule has 2 N–H and O–H groups in total. The fourth-order valence-corrected chi connectivity index (χ4v) is 2.71. The Labute approximate surface area is 119 Å². The first-order valence-electron chi connectivity index (χ1n) is 7.11. The summed E-state index contributed by atoms with van der Waals surface area (Å²) in [5.74, 6) is 0. The van der Waals surface area contributed by atoms with Crippen LogP contribution < -0.4 is 10.6 Å². The zero-order chi connectivity index (χ0) is 13.9. The highest BCUT2D eigenvalue weighted by molar-refractivity contribution is 5.74. The summed E-state index contributed by atoms with van der Waals surface area (Å²) in [7, 11) is 0. The lowest BCUT2D eigenvalue weighted by Crippen LogP contribution is -2.40. The molecule has 1 aliphatic heterocycles. The van der Waals surface area contributed by atoms with Crippen molar-refractivity contribution < 1.29 is 0 Å². The predicted octanol–water partition coefficient (Wildman–Crippen LogP) is 2.38. The number of hydrogen-bond acceptors (Lipinski definition) is 4. The molecule has 104 valence electrons. The standard InChI is InChI=1S/C16H20N4/c1-12-3-2-4-13(9-12)16-15(10-18-11-19-16)20-7-5-14(17)6-8-20/h2-4,9-11,14H,5-8,17H2,1H3. The van der Waals surface area contributed by atoms with E-state index >= 15 is 0 Å². The van der Waals surface area contributed by atoms with Crippen molar-refractivity contribution in [3.63, 3.8) is 0 Å². The number of hydrogen-bond donors (Lipinski definition) is 1. The molecule has 0 saturated carbocycles. The molecule has 1 aliphatic rings. The third kappa shape index (κ3) is 2.65. The molecule has 1 aromatic carbocycles. The van der Waals surface area contributed by atoms with Crippen LogP contribution in [0.4, 0.5) is 5.69 Å². The first-order chi connectivity index (χ1) is 9.74. The van der Waals surface area contributed by atoms with E-state index in [9.17, 15) is 0 Å². The van der Waals surface area contributed by atoms with E-state index in [-0.39, 0.29) is 0 Å². The molecule has 1 aromatic heterocycles. The first kappa shape index (κ1) is 13.1. The van der Waals surface area contributed by atoms with Gasteiger partial charge in [0.1, 0.15) is 6.33 Å². The van der Waals surface area contributed by atoms with Crippen molar-refractivity contribution in [1.29, 1.82) is 0 Å². The van der Waals surface area contributed by atoms with Crippen LogP contribution in [0.25, 0.3) is 11.3 Å². The van der Waals surface area contributed by atoms with E-state index in [4.69, 9.17) is 5.73 Å². The molecule has 1 saturated heterocycles. The van der Waals surface area contributed by atoms with Crippen molar-refractivity contribution in [1.82, 2.24) is 9.97 Å². The molecule has 4 heteroatoms. The van der Waals surface area contributed by atoms with Gasteiger partial charge in [0.05, 0.1) is 17.6 Å². The number of anilines is 1. The molecule has 0 radical (unpaired) electrons. The smallest absolute Gasteiger partial charge is 0.116 e. The quantitative estimate of drug-likeness (QED) is 0.908. The largest absolute Gasteiger partial charge is 0.368 e. The Morgan fingerprint density at radius 1 is 1.25 bits per heavy atom. The van der Waals surface area contributed by atoms with Crippen LogP contribution in [0.2, 0.25) is 0 Å². The molecule has 0 atom stereocenters. The summed E-state index contributed by atoms with van der Waals surface area (Å²) < 4.78 is 0. The number of piperidine rings is 1. The van der Waals surface area contributed by atoms with E-state index in [0.29, 0.717) is 6.04 Å². The van der Waals surface area contributed by atoms with Crippen LogP contribution in [0.15, 0.2) is 36.8 Å². The monoisotopic (exact) mass is 268 g/mol. The van der Waals surface area contributed by atoms with Gasteiger partial charge in [-0.3, -0.25) is 0 Å². The molecule has 0 amide bonds. The zero-order valence-electron chi connectivity index (χ0n) is 11.8. The van der Waals surface area contributed by atoms with E-state index in [1.165, 1.54) is 5.56 Å². The highest BCUT2D eigenvalue weighted by atomic mass is 15.2. The van der Waals surface area contributed by atoms with Gasteiger partial charge in [-0.15, -0.1) is 0 Å². The van der Waals surface area contributed by atoms with Crippen LogP contribution in [0, 0.1) is 6.92 Å². The second kappa shape index (κ2) is 5.59. The van der Waals surface area contributed by atoms with E-state index in [1.807, 2.05) is 6.20 Å². The maximum absolute atomic E-state index is 5.99. The maximum atomic E-state index is 5.99. The second-order valence-corrected chi connectivity index (χ2v) is 5.45. The summed E-state index contributed by atoms with van der Waals surface area (Å²) in [6.07, 6.45) is 5.60. The molecule has 4 nitrogen and oxygen atoms in total. The van der Waals surface area contributed by atoms with Gasteiger partial charge in [0.15, 0.2) is 0 Å². The summed E-state index contributed by atoms with van der Waals surface area (Å²) in [5.41, 5.74) is 10.5. The number of benzene rings is 1. The van der Waals surface area contributed by atoms with Gasteiger partial charge in [-0.25, -0.2) is 9.97 Å². The average molecular weight is 268 g/mol. The van der Waals surface area contributed by atoms with Gasteiger partial charge in [-0.05, 0) is 25.8 Å². The lowest BCUT2D eigenvalue weighted by atomic mass is 10.0. The van der Waals surface area contributed by atoms with Crippen molar-refractivity contribution in [2.45, 2.75) is 25.8 Å². The number of aryl methyl sites for hydroxylation is 1. The molecular formula is C16H20N4. The second-order valence-electron chi connectivity index (χ2n) is 5.45. The van der Waals surface area contributed by atoms with Crippen molar-refractivity contribution in [3.8, 4) is 11.3 Å². The van der Waals surface area contributed by atoms with E-state index in [2.05, 4.69) is 46.1 Å². The number of rotatable bonds is 2. The topological polar surface area (TPSA) is 55.0 Å². The number of nitrogens with zero attached hydrogens (tertiary/aromatic N) is 3. The number of aromatic nitrogens is 2. The van der Waals surface area contributed by atoms with Gasteiger partial charge >= 0.3 is 0 Å². The molecule has 20 heavy (non-hydrogen) atoms. The highest BCUT2D eigenvalue weighted by Crippen LogP contribution is 2.30. The molecule has 0 bridgehead atoms. The van der Waals surface area contributed by atoms with Gasteiger partial charge in [0, 0.05) is 24.7 Å². The minimum Gasteiger partial charge on any atom is -0.368 e. The molecule has 0 aliphatic carbocycles. The van der Waals surface area contributed by atoms with Crippen LogP contribution in [0.5, 0.6) is 0 Å². The van der Waals surface area contributed by atoms with Crippen LogP contribution in [-0.4, -0.2) is 29.1 Å². The van der Waals surface area contributed by atoms with Crippen molar-refractivity contribution in [2.24, 2.45) is 5.73 Å². The minimum absolute atomic E-state index is 0.332. The van der Waals surface area contributed by atoms with E-state index in [1.54, 1.807) is 6.33 Å². The van der Waals surface area contributed by atoms with E-state index < -0.39 is 0 Å².